The number of phenolic OH excluding ortho intramolecular Hbond substituents is 1. The second-order valence-corrected chi connectivity index (χ2v) is 10.1. The van der Waals surface area contributed by atoms with Crippen molar-refractivity contribution in [3.8, 4) is 5.75 Å². The fourth-order valence-corrected chi connectivity index (χ4v) is 4.90. The number of phenols is 1. The van der Waals surface area contributed by atoms with Gasteiger partial charge in [-0.25, -0.2) is 0 Å². The summed E-state index contributed by atoms with van der Waals surface area (Å²) in [6, 6.07) is 24.6. The van der Waals surface area contributed by atoms with Gasteiger partial charge in [0.15, 0.2) is 0 Å². The Bertz CT molecular complexity index is 1120. The number of aromatic hydroxyl groups is 1. The Kier molecular flexibility index (Phi) is 9.71. The van der Waals surface area contributed by atoms with E-state index in [2.05, 4.69) is 34.6 Å². The molecule has 1 saturated heterocycles. The van der Waals surface area contributed by atoms with Gasteiger partial charge in [-0.05, 0) is 62.5 Å². The number of carbonyl (C=O) groups excluding carboxylic acids is 1. The van der Waals surface area contributed by atoms with Crippen molar-refractivity contribution in [3.05, 3.63) is 101 Å². The first-order valence-corrected chi connectivity index (χ1v) is 13.3. The average molecular weight is 502 g/mol. The SMILES string of the molecule is C[C@@H](NC[C@@H](O)[C@H](Cc1ccccc1)NC(=O)c1ccc(CN2CCCCC2)c(O)c1)c1ccccc1. The Morgan fingerprint density at radius 2 is 1.62 bits per heavy atom. The van der Waals surface area contributed by atoms with Crippen molar-refractivity contribution in [2.45, 2.75) is 57.3 Å². The van der Waals surface area contributed by atoms with Crippen LogP contribution < -0.4 is 10.6 Å². The molecule has 6 heteroatoms. The number of nitrogens with zero attached hydrogens (tertiary/aromatic N) is 1. The number of nitrogens with one attached hydrogen (secondary N) is 2. The van der Waals surface area contributed by atoms with Crippen LogP contribution in [0.1, 0.15) is 59.3 Å². The Hall–Kier alpha value is -3.19. The van der Waals surface area contributed by atoms with Gasteiger partial charge in [-0.3, -0.25) is 9.69 Å². The largest absolute Gasteiger partial charge is 0.508 e. The molecule has 0 aromatic heterocycles. The molecule has 4 N–H and O–H groups in total. The third kappa shape index (κ3) is 7.89. The van der Waals surface area contributed by atoms with Gasteiger partial charge in [0.05, 0.1) is 12.1 Å². The quantitative estimate of drug-likeness (QED) is 0.312. The summed E-state index contributed by atoms with van der Waals surface area (Å²) < 4.78 is 0. The van der Waals surface area contributed by atoms with E-state index in [0.717, 1.165) is 29.8 Å². The van der Waals surface area contributed by atoms with Crippen molar-refractivity contribution in [1.82, 2.24) is 15.5 Å². The monoisotopic (exact) mass is 501 g/mol. The second kappa shape index (κ2) is 13.4. The van der Waals surface area contributed by atoms with Crippen LogP contribution in [0.15, 0.2) is 78.9 Å². The molecule has 0 unspecified atom stereocenters. The first kappa shape index (κ1) is 26.9. The Balaban J connectivity index is 1.42. The number of amides is 1. The van der Waals surface area contributed by atoms with Gasteiger partial charge in [-0.1, -0.05) is 73.2 Å². The van der Waals surface area contributed by atoms with Crippen LogP contribution in [0.3, 0.4) is 0 Å². The van der Waals surface area contributed by atoms with Crippen molar-refractivity contribution in [2.24, 2.45) is 0 Å². The van der Waals surface area contributed by atoms with E-state index in [9.17, 15) is 15.0 Å². The minimum atomic E-state index is -0.803. The highest BCUT2D eigenvalue weighted by Gasteiger charge is 2.24. The predicted octanol–water partition coefficient (Wildman–Crippen LogP) is 4.43. The highest BCUT2D eigenvalue weighted by molar-refractivity contribution is 5.95. The first-order valence-electron chi connectivity index (χ1n) is 13.3. The Morgan fingerprint density at radius 3 is 2.30 bits per heavy atom. The molecule has 0 aliphatic carbocycles. The summed E-state index contributed by atoms with van der Waals surface area (Å²) in [7, 11) is 0. The maximum absolute atomic E-state index is 13.2. The second-order valence-electron chi connectivity index (χ2n) is 10.1. The van der Waals surface area contributed by atoms with Gasteiger partial charge in [0.25, 0.3) is 5.91 Å². The van der Waals surface area contributed by atoms with E-state index in [1.54, 1.807) is 6.07 Å². The van der Waals surface area contributed by atoms with E-state index in [4.69, 9.17) is 0 Å². The summed E-state index contributed by atoms with van der Waals surface area (Å²) in [5, 5.41) is 28.2. The number of rotatable bonds is 11. The molecule has 0 saturated carbocycles. The molecule has 1 heterocycles. The van der Waals surface area contributed by atoms with Gasteiger partial charge in [-0.15, -0.1) is 0 Å². The molecule has 0 radical (unpaired) electrons. The highest BCUT2D eigenvalue weighted by atomic mass is 16.3. The van der Waals surface area contributed by atoms with Crippen LogP contribution in [0, 0.1) is 0 Å². The molecule has 6 nitrogen and oxygen atoms in total. The number of benzene rings is 3. The molecule has 37 heavy (non-hydrogen) atoms. The normalized spacial score (nSPS) is 16.6. The zero-order valence-corrected chi connectivity index (χ0v) is 21.6. The van der Waals surface area contributed by atoms with Crippen LogP contribution in [0.25, 0.3) is 0 Å². The molecule has 3 aromatic carbocycles. The van der Waals surface area contributed by atoms with Gasteiger partial charge in [-0.2, -0.15) is 0 Å². The van der Waals surface area contributed by atoms with Crippen LogP contribution in [0.2, 0.25) is 0 Å². The van der Waals surface area contributed by atoms with Crippen LogP contribution in [-0.4, -0.2) is 52.8 Å². The topological polar surface area (TPSA) is 84.8 Å². The number of hydrogen-bond acceptors (Lipinski definition) is 5. The summed E-state index contributed by atoms with van der Waals surface area (Å²) >= 11 is 0. The highest BCUT2D eigenvalue weighted by Crippen LogP contribution is 2.23. The zero-order chi connectivity index (χ0) is 26.0. The zero-order valence-electron chi connectivity index (χ0n) is 21.6. The molecule has 0 bridgehead atoms. The van der Waals surface area contributed by atoms with Gasteiger partial charge >= 0.3 is 0 Å². The van der Waals surface area contributed by atoms with Crippen LogP contribution >= 0.6 is 0 Å². The first-order chi connectivity index (χ1) is 18.0. The number of piperidine rings is 1. The van der Waals surface area contributed by atoms with Gasteiger partial charge in [0.2, 0.25) is 0 Å². The number of hydrogen-bond donors (Lipinski definition) is 4. The third-order valence-electron chi connectivity index (χ3n) is 7.20. The third-order valence-corrected chi connectivity index (χ3v) is 7.20. The smallest absolute Gasteiger partial charge is 0.251 e. The fraction of sp³-hybridized carbons (Fsp3) is 0.387. The molecule has 4 rings (SSSR count). The molecule has 1 aliphatic heterocycles. The van der Waals surface area contributed by atoms with Crippen molar-refractivity contribution < 1.29 is 15.0 Å². The minimum absolute atomic E-state index is 0.0633. The maximum atomic E-state index is 13.2. The molecule has 1 aliphatic rings. The van der Waals surface area contributed by atoms with Gasteiger partial charge in [0, 0.05) is 30.3 Å². The van der Waals surface area contributed by atoms with E-state index in [1.807, 2.05) is 54.6 Å². The van der Waals surface area contributed by atoms with Crippen molar-refractivity contribution in [2.75, 3.05) is 19.6 Å². The number of likely N-dealkylation sites (tertiary alicyclic amines) is 1. The van der Waals surface area contributed by atoms with E-state index in [1.165, 1.54) is 25.3 Å². The van der Waals surface area contributed by atoms with E-state index in [0.29, 0.717) is 25.1 Å². The predicted molar refractivity (Wildman–Crippen MR) is 148 cm³/mol. The number of carbonyl (C=O) groups is 1. The van der Waals surface area contributed by atoms with Crippen molar-refractivity contribution >= 4 is 5.91 Å². The lowest BCUT2D eigenvalue weighted by Gasteiger charge is -2.27. The standard InChI is InChI=1S/C31H39N3O3/c1-23(25-13-7-3-8-14-25)32-21-30(36)28(19-24-11-5-2-6-12-24)33-31(37)26-15-16-27(29(35)20-26)22-34-17-9-4-10-18-34/h2-3,5-8,11-16,20,23,28,30,32,35-36H,4,9-10,17-19,21-22H2,1H3,(H,33,37)/t23-,28+,30-/m1/s1. The van der Waals surface area contributed by atoms with Gasteiger partial charge < -0.3 is 20.8 Å². The summed E-state index contributed by atoms with van der Waals surface area (Å²) in [6.45, 7) is 5.15. The minimum Gasteiger partial charge on any atom is -0.508 e. The molecule has 3 aromatic rings. The van der Waals surface area contributed by atoms with Gasteiger partial charge in [0.1, 0.15) is 5.75 Å². The summed E-state index contributed by atoms with van der Waals surface area (Å²) in [4.78, 5) is 15.5. The maximum Gasteiger partial charge on any atom is 0.251 e. The number of aliphatic hydroxyl groups is 1. The molecule has 1 fully saturated rings. The Labute approximate surface area is 220 Å². The summed E-state index contributed by atoms with van der Waals surface area (Å²) in [6.07, 6.45) is 3.32. The molecular formula is C31H39N3O3. The van der Waals surface area contributed by atoms with Crippen LogP contribution in [0.5, 0.6) is 5.75 Å². The van der Waals surface area contributed by atoms with E-state index in [-0.39, 0.29) is 17.7 Å². The Morgan fingerprint density at radius 1 is 0.946 bits per heavy atom. The summed E-state index contributed by atoms with van der Waals surface area (Å²) in [5.74, 6) is -0.173. The lowest BCUT2D eigenvalue weighted by molar-refractivity contribution is 0.0825. The van der Waals surface area contributed by atoms with Crippen LogP contribution in [0.4, 0.5) is 0 Å². The lowest BCUT2D eigenvalue weighted by atomic mass is 9.99. The molecule has 196 valence electrons. The lowest BCUT2D eigenvalue weighted by Crippen LogP contribution is -2.49. The average Bonchev–Trinajstić information content (AvgIpc) is 2.94. The summed E-state index contributed by atoms with van der Waals surface area (Å²) in [5.41, 5.74) is 3.38. The molecule has 0 spiro atoms. The fourth-order valence-electron chi connectivity index (χ4n) is 4.90. The van der Waals surface area contributed by atoms with Crippen molar-refractivity contribution in [1.29, 1.82) is 0 Å². The molecule has 1 amide bonds. The molecule has 3 atom stereocenters. The van der Waals surface area contributed by atoms with E-state index < -0.39 is 12.1 Å². The number of aliphatic hydroxyl groups excluding tert-OH is 1. The molecular weight excluding hydrogens is 462 g/mol. The van der Waals surface area contributed by atoms with E-state index >= 15 is 0 Å². The van der Waals surface area contributed by atoms with Crippen molar-refractivity contribution in [3.63, 3.8) is 0 Å². The van der Waals surface area contributed by atoms with Crippen LogP contribution in [-0.2, 0) is 13.0 Å².